The molecule has 0 aliphatic rings. The van der Waals surface area contributed by atoms with Crippen molar-refractivity contribution in [3.05, 3.63) is 0 Å². The van der Waals surface area contributed by atoms with Crippen molar-refractivity contribution in [1.29, 1.82) is 0 Å². The van der Waals surface area contributed by atoms with Gasteiger partial charge in [0.1, 0.15) is 0 Å². The van der Waals surface area contributed by atoms with E-state index < -0.39 is 0 Å². The quantitative estimate of drug-likeness (QED) is 0.649. The summed E-state index contributed by atoms with van der Waals surface area (Å²) in [4.78, 5) is 0. The third-order valence-electron chi connectivity index (χ3n) is 0. The van der Waals surface area contributed by atoms with Gasteiger partial charge in [-0.05, 0) is 6.92 Å². The Balaban J connectivity index is -0.0000000200. The predicted octanol–water partition coefficient (Wildman–Crippen LogP) is 0.372. The smallest absolute Gasteiger partial charge is 0.397 e. The third kappa shape index (κ3) is 84.7. The fraction of sp³-hybridized carbons (Fsp3) is 1.00. The fourth-order valence-corrected chi connectivity index (χ4v) is 0. The number of hydrogen-bond donors (Lipinski definition) is 2. The molecular weight excluding hydrogens is 249 g/mol. The molecule has 0 rings (SSSR count). The molecule has 5 N–H and O–H groups in total. The van der Waals surface area contributed by atoms with Gasteiger partial charge in [-0.2, -0.15) is 0 Å². The summed E-state index contributed by atoms with van der Waals surface area (Å²) in [6.07, 6.45) is 0. The Bertz CT molecular complexity index is 9.61. The van der Waals surface area contributed by atoms with Crippen molar-refractivity contribution in [3.8, 4) is 0 Å². The molecular formula is C2H10NOPt+3. The molecule has 36 valence electrons. The van der Waals surface area contributed by atoms with Crippen LogP contribution in [0.1, 0.15) is 6.92 Å². The van der Waals surface area contributed by atoms with Gasteiger partial charge in [-0.3, -0.25) is 0 Å². The Morgan fingerprint density at radius 2 is 1.60 bits per heavy atom. The van der Waals surface area contributed by atoms with E-state index in [1.807, 2.05) is 0 Å². The van der Waals surface area contributed by atoms with E-state index in [0.29, 0.717) is 0 Å². The van der Waals surface area contributed by atoms with Crippen molar-refractivity contribution in [2.24, 2.45) is 0 Å². The molecule has 0 heterocycles. The number of quaternary nitrogens is 1. The van der Waals surface area contributed by atoms with Crippen LogP contribution < -0.4 is 6.15 Å². The average Bonchev–Trinajstić information content (AvgIpc) is 0.918. The molecule has 0 saturated carbocycles. The zero-order valence-electron chi connectivity index (χ0n) is 3.47. The molecule has 0 fully saturated rings. The molecule has 0 aliphatic carbocycles. The maximum atomic E-state index is 7.57. The van der Waals surface area contributed by atoms with Gasteiger partial charge in [0.05, 0.1) is 0 Å². The summed E-state index contributed by atoms with van der Waals surface area (Å²) in [5.74, 6) is 0. The summed E-state index contributed by atoms with van der Waals surface area (Å²) < 4.78 is 0. The number of aliphatic hydroxyl groups is 1. The van der Waals surface area contributed by atoms with Crippen LogP contribution in [0.25, 0.3) is 0 Å². The second-order valence-corrected chi connectivity index (χ2v) is 0.316. The van der Waals surface area contributed by atoms with Gasteiger partial charge < -0.3 is 11.3 Å². The Morgan fingerprint density at radius 3 is 1.60 bits per heavy atom. The minimum atomic E-state index is 0. The molecule has 2 nitrogen and oxygen atoms in total. The van der Waals surface area contributed by atoms with Gasteiger partial charge >= 0.3 is 21.1 Å². The van der Waals surface area contributed by atoms with Crippen LogP contribution in [0.5, 0.6) is 0 Å². The molecule has 5 heavy (non-hydrogen) atoms. The summed E-state index contributed by atoms with van der Waals surface area (Å²) >= 11 is 0. The first-order valence-corrected chi connectivity index (χ1v) is 1.02. The van der Waals surface area contributed by atoms with E-state index in [0.717, 1.165) is 0 Å². The van der Waals surface area contributed by atoms with Gasteiger partial charge in [0.15, 0.2) is 0 Å². The standard InChI is InChI=1S/C2H6O.H3N.Pt/c1-2-3;;/h3H,2H2,1H3;1H3;/q;;+2/p+1. The molecule has 0 spiro atoms. The van der Waals surface area contributed by atoms with Crippen molar-refractivity contribution in [1.82, 2.24) is 6.15 Å². The van der Waals surface area contributed by atoms with Crippen LogP contribution in [0.2, 0.25) is 0 Å². The Kier molecular flexibility index (Phi) is 81.2. The summed E-state index contributed by atoms with van der Waals surface area (Å²) in [7, 11) is 0. The van der Waals surface area contributed by atoms with Crippen molar-refractivity contribution < 1.29 is 26.2 Å². The zero-order valence-corrected chi connectivity index (χ0v) is 5.74. The first-order valence-electron chi connectivity index (χ1n) is 1.02. The van der Waals surface area contributed by atoms with E-state index >= 15 is 0 Å². The first-order chi connectivity index (χ1) is 1.41. The minimum absolute atomic E-state index is 0. The van der Waals surface area contributed by atoms with Crippen LogP contribution in [-0.4, -0.2) is 11.7 Å². The number of rotatable bonds is 0. The fourth-order valence-electron chi connectivity index (χ4n) is 0. The Labute approximate surface area is 46.4 Å². The molecule has 0 aromatic rings. The van der Waals surface area contributed by atoms with E-state index in [1.165, 1.54) is 0 Å². The summed E-state index contributed by atoms with van der Waals surface area (Å²) in [6, 6.07) is 0. The van der Waals surface area contributed by atoms with Gasteiger partial charge in [-0.15, -0.1) is 0 Å². The minimum Gasteiger partial charge on any atom is -0.397 e. The van der Waals surface area contributed by atoms with Gasteiger partial charge in [0.2, 0.25) is 0 Å². The molecule has 0 amide bonds. The summed E-state index contributed by atoms with van der Waals surface area (Å²) in [6.45, 7) is 1.93. The molecule has 0 radical (unpaired) electrons. The summed E-state index contributed by atoms with van der Waals surface area (Å²) in [5, 5.41) is 7.57. The number of aliphatic hydroxyl groups excluding tert-OH is 1. The van der Waals surface area contributed by atoms with E-state index in [1.54, 1.807) is 6.92 Å². The SMILES string of the molecule is CCO.[NH4+].[Pt+2]. The third-order valence-corrected chi connectivity index (χ3v) is 0. The molecule has 0 aromatic heterocycles. The molecule has 0 bridgehead atoms. The van der Waals surface area contributed by atoms with Crippen LogP contribution in [0.3, 0.4) is 0 Å². The maximum Gasteiger partial charge on any atom is 2.00 e. The molecule has 0 saturated heterocycles. The number of hydrogen-bond acceptors (Lipinski definition) is 1. The van der Waals surface area contributed by atoms with Crippen molar-refractivity contribution in [2.75, 3.05) is 6.61 Å². The van der Waals surface area contributed by atoms with E-state index in [9.17, 15) is 0 Å². The molecule has 0 aliphatic heterocycles. The van der Waals surface area contributed by atoms with Gasteiger partial charge in [-0.1, -0.05) is 0 Å². The predicted molar refractivity (Wildman–Crippen MR) is 18.7 cm³/mol. The van der Waals surface area contributed by atoms with Crippen molar-refractivity contribution in [2.45, 2.75) is 6.92 Å². The largest absolute Gasteiger partial charge is 2.00 e. The molecule has 3 heteroatoms. The Hall–Kier alpha value is 0.608. The maximum absolute atomic E-state index is 7.57. The topological polar surface area (TPSA) is 56.7 Å². The van der Waals surface area contributed by atoms with Crippen LogP contribution in [0.4, 0.5) is 0 Å². The van der Waals surface area contributed by atoms with Crippen molar-refractivity contribution in [3.63, 3.8) is 0 Å². The normalized spacial score (nSPS) is 3.60. The molecule has 0 unspecified atom stereocenters. The van der Waals surface area contributed by atoms with Crippen LogP contribution in [0.15, 0.2) is 0 Å². The van der Waals surface area contributed by atoms with Crippen molar-refractivity contribution >= 4 is 0 Å². The summed E-state index contributed by atoms with van der Waals surface area (Å²) in [5.41, 5.74) is 0. The second kappa shape index (κ2) is 23.2. The van der Waals surface area contributed by atoms with E-state index in [4.69, 9.17) is 5.11 Å². The zero-order chi connectivity index (χ0) is 2.71. The van der Waals surface area contributed by atoms with Gasteiger partial charge in [0, 0.05) is 6.61 Å². The van der Waals surface area contributed by atoms with Crippen LogP contribution in [0, 0.1) is 0 Å². The van der Waals surface area contributed by atoms with Crippen LogP contribution >= 0.6 is 0 Å². The van der Waals surface area contributed by atoms with Crippen LogP contribution in [-0.2, 0) is 21.1 Å². The Morgan fingerprint density at radius 1 is 1.60 bits per heavy atom. The van der Waals surface area contributed by atoms with E-state index in [-0.39, 0.29) is 33.8 Å². The molecule has 0 atom stereocenters. The first kappa shape index (κ1) is 17.5. The van der Waals surface area contributed by atoms with Gasteiger partial charge in [-0.25, -0.2) is 0 Å². The second-order valence-electron chi connectivity index (χ2n) is 0.316. The van der Waals surface area contributed by atoms with Gasteiger partial charge in [0.25, 0.3) is 0 Å². The monoisotopic (exact) mass is 259 g/mol. The average molecular weight is 259 g/mol. The van der Waals surface area contributed by atoms with E-state index in [2.05, 4.69) is 0 Å². The molecule has 0 aromatic carbocycles.